The van der Waals surface area contributed by atoms with Crippen molar-refractivity contribution in [3.05, 3.63) is 164 Å². The van der Waals surface area contributed by atoms with Crippen LogP contribution in [0, 0.1) is 0 Å². The van der Waals surface area contributed by atoms with Gasteiger partial charge in [0.2, 0.25) is 5.89 Å². The molecule has 3 aromatic heterocycles. The number of fused-ring (bicyclic) bond motifs is 11. The molecular formula is C45H27N3O. The second-order valence-corrected chi connectivity index (χ2v) is 12.8. The monoisotopic (exact) mass is 625 g/mol. The lowest BCUT2D eigenvalue weighted by Crippen LogP contribution is -1.96. The summed E-state index contributed by atoms with van der Waals surface area (Å²) >= 11 is 0. The van der Waals surface area contributed by atoms with Gasteiger partial charge in [-0.15, -0.1) is 0 Å². The van der Waals surface area contributed by atoms with E-state index in [1.165, 1.54) is 43.6 Å². The Labute approximate surface area is 280 Å². The van der Waals surface area contributed by atoms with Crippen LogP contribution in [-0.2, 0) is 0 Å². The summed E-state index contributed by atoms with van der Waals surface area (Å²) in [5.74, 6) is 0.640. The minimum absolute atomic E-state index is 0.640. The maximum absolute atomic E-state index is 6.49. The molecule has 228 valence electrons. The van der Waals surface area contributed by atoms with E-state index in [0.717, 1.165) is 49.6 Å². The summed E-state index contributed by atoms with van der Waals surface area (Å²) in [5, 5.41) is 9.53. The Morgan fingerprint density at radius 3 is 1.76 bits per heavy atom. The zero-order valence-electron chi connectivity index (χ0n) is 26.3. The number of benzene rings is 8. The molecule has 0 radical (unpaired) electrons. The lowest BCUT2D eigenvalue weighted by atomic mass is 10.0. The zero-order valence-corrected chi connectivity index (χ0v) is 26.3. The number of aromatic nitrogens is 3. The van der Waals surface area contributed by atoms with E-state index in [9.17, 15) is 0 Å². The molecule has 0 unspecified atom stereocenters. The van der Waals surface area contributed by atoms with E-state index >= 15 is 0 Å². The van der Waals surface area contributed by atoms with Crippen LogP contribution in [0.4, 0.5) is 0 Å². The first-order valence-corrected chi connectivity index (χ1v) is 16.6. The standard InChI is InChI=1S/C45H27N3O/c1-3-11-29(12-4-1)45-46-38-24-21-28-19-20-30-25-32(22-23-33(30)43(28)44(38)49-45)48-40-18-10-8-16-35(40)37-26-36-34-15-7-9-17-39(34)47(41(36)27-42(37)48)31-13-5-2-6-14-31/h1-27H. The molecule has 0 bridgehead atoms. The highest BCUT2D eigenvalue weighted by Crippen LogP contribution is 2.41. The van der Waals surface area contributed by atoms with Gasteiger partial charge in [0.25, 0.3) is 0 Å². The van der Waals surface area contributed by atoms with Gasteiger partial charge >= 0.3 is 0 Å². The van der Waals surface area contributed by atoms with Crippen molar-refractivity contribution in [1.82, 2.24) is 14.1 Å². The molecule has 0 aliphatic carbocycles. The normalized spacial score (nSPS) is 12.1. The number of hydrogen-bond donors (Lipinski definition) is 0. The van der Waals surface area contributed by atoms with Gasteiger partial charge in [0.05, 0.1) is 22.1 Å². The summed E-state index contributed by atoms with van der Waals surface area (Å²) in [4.78, 5) is 4.86. The first-order chi connectivity index (χ1) is 24.3. The van der Waals surface area contributed by atoms with Crippen molar-refractivity contribution in [2.45, 2.75) is 0 Å². The molecule has 11 aromatic rings. The fraction of sp³-hybridized carbons (Fsp3) is 0. The van der Waals surface area contributed by atoms with Crippen molar-refractivity contribution in [3.63, 3.8) is 0 Å². The van der Waals surface area contributed by atoms with Crippen LogP contribution in [0.3, 0.4) is 0 Å². The maximum Gasteiger partial charge on any atom is 0.227 e. The lowest BCUT2D eigenvalue weighted by Gasteiger charge is -2.12. The van der Waals surface area contributed by atoms with Gasteiger partial charge in [0, 0.05) is 43.9 Å². The number of rotatable bonds is 3. The van der Waals surface area contributed by atoms with Gasteiger partial charge in [0.1, 0.15) is 5.52 Å². The summed E-state index contributed by atoms with van der Waals surface area (Å²) in [5.41, 5.74) is 9.70. The predicted octanol–water partition coefficient (Wildman–Crippen LogP) is 12.0. The summed E-state index contributed by atoms with van der Waals surface area (Å²) < 4.78 is 11.3. The molecule has 3 heterocycles. The Hall–Kier alpha value is -6.65. The minimum atomic E-state index is 0.640. The molecule has 0 atom stereocenters. The van der Waals surface area contributed by atoms with E-state index < -0.39 is 0 Å². The number of nitrogens with zero attached hydrogens (tertiary/aromatic N) is 3. The Morgan fingerprint density at radius 1 is 0.408 bits per heavy atom. The smallest absolute Gasteiger partial charge is 0.227 e. The lowest BCUT2D eigenvalue weighted by molar-refractivity contribution is 0.623. The first-order valence-electron chi connectivity index (χ1n) is 16.6. The molecule has 0 saturated carbocycles. The maximum atomic E-state index is 6.49. The Kier molecular flexibility index (Phi) is 5.35. The van der Waals surface area contributed by atoms with Gasteiger partial charge in [-0.05, 0) is 82.9 Å². The molecule has 0 aliphatic rings. The van der Waals surface area contributed by atoms with Crippen molar-refractivity contribution in [2.75, 3.05) is 0 Å². The predicted molar refractivity (Wildman–Crippen MR) is 203 cm³/mol. The average Bonchev–Trinajstić information content (AvgIpc) is 3.84. The van der Waals surface area contributed by atoms with Gasteiger partial charge in [0.15, 0.2) is 5.58 Å². The summed E-state index contributed by atoms with van der Waals surface area (Å²) in [6.45, 7) is 0. The van der Waals surface area contributed by atoms with E-state index in [-0.39, 0.29) is 0 Å². The van der Waals surface area contributed by atoms with Crippen molar-refractivity contribution < 1.29 is 4.42 Å². The SMILES string of the molecule is c1ccc(-c2nc3ccc4ccc5cc(-n6c7ccccc7c7cc8c9ccccc9n(-c9ccccc9)c8cc76)ccc5c4c3o2)cc1. The van der Waals surface area contributed by atoms with Crippen molar-refractivity contribution in [2.24, 2.45) is 0 Å². The third-order valence-electron chi connectivity index (χ3n) is 10.1. The summed E-state index contributed by atoms with van der Waals surface area (Å²) in [6, 6.07) is 58.5. The van der Waals surface area contributed by atoms with Gasteiger partial charge in [-0.25, -0.2) is 4.98 Å². The van der Waals surface area contributed by atoms with Gasteiger partial charge < -0.3 is 13.6 Å². The second-order valence-electron chi connectivity index (χ2n) is 12.8. The fourth-order valence-corrected chi connectivity index (χ4v) is 7.93. The molecule has 8 aromatic carbocycles. The van der Waals surface area contributed by atoms with Crippen LogP contribution in [0.2, 0.25) is 0 Å². The number of oxazole rings is 1. The van der Waals surface area contributed by atoms with Crippen LogP contribution < -0.4 is 0 Å². The van der Waals surface area contributed by atoms with E-state index in [1.54, 1.807) is 0 Å². The molecule has 0 fully saturated rings. The zero-order chi connectivity index (χ0) is 32.1. The molecule has 49 heavy (non-hydrogen) atoms. The topological polar surface area (TPSA) is 35.9 Å². The van der Waals surface area contributed by atoms with Crippen LogP contribution in [0.5, 0.6) is 0 Å². The van der Waals surface area contributed by atoms with Crippen LogP contribution >= 0.6 is 0 Å². The van der Waals surface area contributed by atoms with Crippen LogP contribution in [-0.4, -0.2) is 14.1 Å². The minimum Gasteiger partial charge on any atom is -0.435 e. The highest BCUT2D eigenvalue weighted by atomic mass is 16.3. The van der Waals surface area contributed by atoms with Crippen LogP contribution in [0.1, 0.15) is 0 Å². The Bertz CT molecular complexity index is 3090. The fourth-order valence-electron chi connectivity index (χ4n) is 7.93. The highest BCUT2D eigenvalue weighted by molar-refractivity contribution is 6.20. The van der Waals surface area contributed by atoms with Crippen molar-refractivity contribution in [3.8, 4) is 22.8 Å². The Morgan fingerprint density at radius 2 is 1.02 bits per heavy atom. The van der Waals surface area contributed by atoms with Crippen LogP contribution in [0.15, 0.2) is 168 Å². The molecule has 0 N–H and O–H groups in total. The number of para-hydroxylation sites is 3. The van der Waals surface area contributed by atoms with E-state index in [0.29, 0.717) is 5.89 Å². The number of hydrogen-bond acceptors (Lipinski definition) is 2. The molecule has 0 spiro atoms. The van der Waals surface area contributed by atoms with Gasteiger partial charge in [-0.3, -0.25) is 0 Å². The molecule has 4 heteroatoms. The molecule has 0 amide bonds. The van der Waals surface area contributed by atoms with E-state index in [2.05, 4.69) is 143 Å². The van der Waals surface area contributed by atoms with Crippen molar-refractivity contribution in [1.29, 1.82) is 0 Å². The third kappa shape index (κ3) is 3.77. The summed E-state index contributed by atoms with van der Waals surface area (Å²) in [6.07, 6.45) is 0. The molecule has 11 rings (SSSR count). The Balaban J connectivity index is 1.19. The first kappa shape index (κ1) is 26.4. The quantitative estimate of drug-likeness (QED) is 0.183. The summed E-state index contributed by atoms with van der Waals surface area (Å²) in [7, 11) is 0. The van der Waals surface area contributed by atoms with Gasteiger partial charge in [-0.1, -0.05) is 97.1 Å². The van der Waals surface area contributed by atoms with E-state index in [1.807, 2.05) is 30.3 Å². The molecular weight excluding hydrogens is 599 g/mol. The molecule has 0 saturated heterocycles. The third-order valence-corrected chi connectivity index (χ3v) is 10.1. The highest BCUT2D eigenvalue weighted by Gasteiger charge is 2.19. The molecule has 0 aliphatic heterocycles. The second kappa shape index (κ2) is 9.93. The molecule has 4 nitrogen and oxygen atoms in total. The van der Waals surface area contributed by atoms with Crippen LogP contribution in [0.25, 0.3) is 99.1 Å². The largest absolute Gasteiger partial charge is 0.435 e. The average molecular weight is 626 g/mol. The van der Waals surface area contributed by atoms with Crippen molar-refractivity contribution >= 4 is 76.3 Å². The van der Waals surface area contributed by atoms with Gasteiger partial charge in [-0.2, -0.15) is 0 Å². The van der Waals surface area contributed by atoms with E-state index in [4.69, 9.17) is 9.40 Å².